The molecule has 2 rings (SSSR count). The molecule has 0 aliphatic heterocycles. The topological polar surface area (TPSA) is 113 Å². The largest absolute Gasteiger partial charge is 0.508 e. The Hall–Kier alpha value is -2.80. The lowest BCUT2D eigenvalue weighted by molar-refractivity contribution is -0.163. The number of phenols is 2. The number of aromatic hydroxyl groups is 2. The minimum atomic E-state index is -1.21. The SMILES string of the molecule is CC(C)C(C)(CC(C)(C)C)C(=O)OCC(O)COC(=O)c1cc2cc(O)ccc2cc1O. The van der Waals surface area contributed by atoms with Gasteiger partial charge in [-0.3, -0.25) is 4.79 Å². The smallest absolute Gasteiger partial charge is 0.342 e. The number of aliphatic hydroxyl groups excluding tert-OH is 1. The number of phenolic OH excluding ortho intramolecular Hbond substituents is 2. The Morgan fingerprint density at radius 1 is 0.938 bits per heavy atom. The fraction of sp³-hybridized carbons (Fsp3) is 0.520. The van der Waals surface area contributed by atoms with Crippen molar-refractivity contribution in [2.75, 3.05) is 13.2 Å². The van der Waals surface area contributed by atoms with E-state index in [2.05, 4.69) is 20.8 Å². The van der Waals surface area contributed by atoms with Gasteiger partial charge in [0.05, 0.1) is 5.41 Å². The molecule has 7 nitrogen and oxygen atoms in total. The van der Waals surface area contributed by atoms with Crippen molar-refractivity contribution >= 4 is 22.7 Å². The zero-order valence-electron chi connectivity index (χ0n) is 19.6. The summed E-state index contributed by atoms with van der Waals surface area (Å²) in [6, 6.07) is 7.35. The number of carbonyl (C=O) groups excluding carboxylic acids is 2. The lowest BCUT2D eigenvalue weighted by Gasteiger charge is -2.37. The average Bonchev–Trinajstić information content (AvgIpc) is 2.68. The molecule has 3 N–H and O–H groups in total. The first-order valence-electron chi connectivity index (χ1n) is 10.7. The van der Waals surface area contributed by atoms with Crippen LogP contribution in [0.4, 0.5) is 0 Å². The summed E-state index contributed by atoms with van der Waals surface area (Å²) in [6.07, 6.45) is -0.584. The van der Waals surface area contributed by atoms with Crippen LogP contribution in [0.5, 0.6) is 11.5 Å². The number of fused-ring (bicyclic) bond motifs is 1. The Labute approximate surface area is 189 Å². The molecule has 0 spiro atoms. The molecule has 32 heavy (non-hydrogen) atoms. The summed E-state index contributed by atoms with van der Waals surface area (Å²) in [7, 11) is 0. The molecule has 2 atom stereocenters. The van der Waals surface area contributed by atoms with Gasteiger partial charge in [-0.15, -0.1) is 0 Å². The van der Waals surface area contributed by atoms with Crippen LogP contribution in [0, 0.1) is 16.7 Å². The van der Waals surface area contributed by atoms with E-state index in [4.69, 9.17) is 9.47 Å². The van der Waals surface area contributed by atoms with E-state index in [0.29, 0.717) is 17.2 Å². The fourth-order valence-electron chi connectivity index (χ4n) is 3.68. The summed E-state index contributed by atoms with van der Waals surface area (Å²) < 4.78 is 10.4. The molecule has 0 saturated heterocycles. The predicted octanol–water partition coefficient (Wildman–Crippen LogP) is 4.41. The zero-order valence-corrected chi connectivity index (χ0v) is 19.6. The Morgan fingerprint density at radius 2 is 1.56 bits per heavy atom. The van der Waals surface area contributed by atoms with Gasteiger partial charge in [0.15, 0.2) is 0 Å². The van der Waals surface area contributed by atoms with E-state index in [1.165, 1.54) is 24.3 Å². The zero-order chi connectivity index (χ0) is 24.3. The third kappa shape index (κ3) is 6.36. The molecule has 0 amide bonds. The Bertz CT molecular complexity index is 974. The van der Waals surface area contributed by atoms with Crippen molar-refractivity contribution in [2.24, 2.45) is 16.7 Å². The van der Waals surface area contributed by atoms with Crippen LogP contribution in [0.3, 0.4) is 0 Å². The maximum atomic E-state index is 12.8. The van der Waals surface area contributed by atoms with Gasteiger partial charge in [0.25, 0.3) is 0 Å². The minimum Gasteiger partial charge on any atom is -0.508 e. The maximum Gasteiger partial charge on any atom is 0.342 e. The summed E-state index contributed by atoms with van der Waals surface area (Å²) in [6.45, 7) is 11.2. The molecular weight excluding hydrogens is 412 g/mol. The van der Waals surface area contributed by atoms with Crippen LogP contribution in [0.25, 0.3) is 10.8 Å². The second kappa shape index (κ2) is 9.77. The number of hydrogen-bond donors (Lipinski definition) is 3. The molecule has 0 bridgehead atoms. The first-order valence-corrected chi connectivity index (χ1v) is 10.7. The number of ether oxygens (including phenoxy) is 2. The Balaban J connectivity index is 1.97. The number of hydrogen-bond acceptors (Lipinski definition) is 7. The molecule has 2 aromatic carbocycles. The van der Waals surface area contributed by atoms with Crippen LogP contribution in [-0.2, 0) is 14.3 Å². The number of rotatable bonds is 8. The number of esters is 2. The number of carbonyl (C=O) groups is 2. The highest BCUT2D eigenvalue weighted by atomic mass is 16.6. The molecule has 0 saturated carbocycles. The van der Waals surface area contributed by atoms with Gasteiger partial charge < -0.3 is 24.8 Å². The molecule has 0 aliphatic rings. The highest BCUT2D eigenvalue weighted by molar-refractivity contribution is 5.98. The van der Waals surface area contributed by atoms with Crippen LogP contribution in [-0.4, -0.2) is 46.6 Å². The molecule has 0 aliphatic carbocycles. The second-order valence-electron chi connectivity index (χ2n) is 10.1. The van der Waals surface area contributed by atoms with Crippen molar-refractivity contribution in [1.82, 2.24) is 0 Å². The summed E-state index contributed by atoms with van der Waals surface area (Å²) in [4.78, 5) is 25.1. The second-order valence-corrected chi connectivity index (χ2v) is 10.1. The van der Waals surface area contributed by atoms with E-state index in [-0.39, 0.29) is 35.0 Å². The average molecular weight is 447 g/mol. The number of benzene rings is 2. The molecule has 0 radical (unpaired) electrons. The maximum absolute atomic E-state index is 12.8. The van der Waals surface area contributed by atoms with Gasteiger partial charge in [0.2, 0.25) is 0 Å². The molecular formula is C25H34O7. The minimum absolute atomic E-state index is 0.0274. The van der Waals surface area contributed by atoms with E-state index >= 15 is 0 Å². The molecule has 2 aromatic rings. The standard InChI is InChI=1S/C25H34O7/c1-15(2)25(6,14-24(3,4)5)23(30)32-13-19(27)12-31-22(29)20-10-17-9-18(26)8-7-16(17)11-21(20)28/h7-11,15,19,26-28H,12-14H2,1-6H3. The van der Waals surface area contributed by atoms with Gasteiger partial charge in [-0.1, -0.05) is 40.7 Å². The van der Waals surface area contributed by atoms with E-state index < -0.39 is 30.1 Å². The Morgan fingerprint density at radius 3 is 2.16 bits per heavy atom. The first kappa shape index (κ1) is 25.5. The number of aliphatic hydroxyl groups is 1. The highest BCUT2D eigenvalue weighted by Crippen LogP contribution is 2.40. The molecule has 7 heteroatoms. The van der Waals surface area contributed by atoms with E-state index in [1.54, 1.807) is 6.07 Å². The van der Waals surface area contributed by atoms with Crippen LogP contribution < -0.4 is 0 Å². The molecule has 0 aromatic heterocycles. The van der Waals surface area contributed by atoms with Crippen LogP contribution >= 0.6 is 0 Å². The molecule has 2 unspecified atom stereocenters. The van der Waals surface area contributed by atoms with Gasteiger partial charge in [0, 0.05) is 0 Å². The van der Waals surface area contributed by atoms with Crippen molar-refractivity contribution in [3.05, 3.63) is 35.9 Å². The van der Waals surface area contributed by atoms with Crippen LogP contribution in [0.1, 0.15) is 58.3 Å². The lowest BCUT2D eigenvalue weighted by Crippen LogP contribution is -2.40. The van der Waals surface area contributed by atoms with Gasteiger partial charge in [-0.25, -0.2) is 4.79 Å². The molecule has 0 fully saturated rings. The fourth-order valence-corrected chi connectivity index (χ4v) is 3.68. The summed E-state index contributed by atoms with van der Waals surface area (Å²) in [5, 5.41) is 31.1. The first-order chi connectivity index (χ1) is 14.7. The molecule has 0 heterocycles. The summed E-state index contributed by atoms with van der Waals surface area (Å²) in [5.41, 5.74) is -0.882. The van der Waals surface area contributed by atoms with Crippen LogP contribution in [0.15, 0.2) is 30.3 Å². The monoisotopic (exact) mass is 446 g/mol. The van der Waals surface area contributed by atoms with Gasteiger partial charge >= 0.3 is 11.9 Å². The van der Waals surface area contributed by atoms with E-state index in [9.17, 15) is 24.9 Å². The van der Waals surface area contributed by atoms with Gasteiger partial charge in [-0.05, 0) is 59.7 Å². The van der Waals surface area contributed by atoms with E-state index in [1.807, 2.05) is 20.8 Å². The van der Waals surface area contributed by atoms with E-state index in [0.717, 1.165) is 0 Å². The van der Waals surface area contributed by atoms with Crippen molar-refractivity contribution in [1.29, 1.82) is 0 Å². The van der Waals surface area contributed by atoms with Gasteiger partial charge in [0.1, 0.15) is 36.4 Å². The molecule has 176 valence electrons. The van der Waals surface area contributed by atoms with Crippen molar-refractivity contribution in [3.63, 3.8) is 0 Å². The normalized spacial score (nSPS) is 14.8. The van der Waals surface area contributed by atoms with Crippen LogP contribution in [0.2, 0.25) is 0 Å². The van der Waals surface area contributed by atoms with Gasteiger partial charge in [-0.2, -0.15) is 0 Å². The highest BCUT2D eigenvalue weighted by Gasteiger charge is 2.41. The Kier molecular flexibility index (Phi) is 7.78. The summed E-state index contributed by atoms with van der Waals surface area (Å²) >= 11 is 0. The summed E-state index contributed by atoms with van der Waals surface area (Å²) in [5.74, 6) is -1.44. The third-order valence-electron chi connectivity index (χ3n) is 5.61. The lowest BCUT2D eigenvalue weighted by atomic mass is 9.69. The quantitative estimate of drug-likeness (QED) is 0.515. The third-order valence-corrected chi connectivity index (χ3v) is 5.61. The van der Waals surface area contributed by atoms with Crippen molar-refractivity contribution in [2.45, 2.75) is 54.1 Å². The van der Waals surface area contributed by atoms with Crippen molar-refractivity contribution < 1.29 is 34.4 Å². The predicted molar refractivity (Wildman–Crippen MR) is 122 cm³/mol. The van der Waals surface area contributed by atoms with Crippen molar-refractivity contribution in [3.8, 4) is 11.5 Å².